The minimum Gasteiger partial charge on any atom is -0.343 e. The second-order valence-electron chi connectivity index (χ2n) is 5.09. The third-order valence-electron chi connectivity index (χ3n) is 4.12. The molecule has 3 nitrogen and oxygen atoms in total. The van der Waals surface area contributed by atoms with Crippen LogP contribution in [0.2, 0.25) is 0 Å². The Morgan fingerprint density at radius 1 is 1.11 bits per heavy atom. The number of hydrogen-bond donors (Lipinski definition) is 0. The summed E-state index contributed by atoms with van der Waals surface area (Å²) in [6.07, 6.45) is 8.06. The van der Waals surface area contributed by atoms with E-state index in [-0.39, 0.29) is 0 Å². The summed E-state index contributed by atoms with van der Waals surface area (Å²) in [5.41, 5.74) is 3.67. The molecule has 3 rings (SSSR count). The topological polar surface area (TPSA) is 30.7 Å². The molecule has 98 valence electrons. The molecule has 0 saturated carbocycles. The lowest BCUT2D eigenvalue weighted by molar-refractivity contribution is 0.624. The summed E-state index contributed by atoms with van der Waals surface area (Å²) < 4.78 is 2.24. The molecule has 0 radical (unpaired) electrons. The molecule has 19 heavy (non-hydrogen) atoms. The molecule has 0 spiro atoms. The molecule has 0 aromatic carbocycles. The lowest BCUT2D eigenvalue weighted by Crippen LogP contribution is -1.99. The van der Waals surface area contributed by atoms with Gasteiger partial charge in [-0.15, -0.1) is 0 Å². The van der Waals surface area contributed by atoms with Gasteiger partial charge in [0.1, 0.15) is 0 Å². The minimum absolute atomic E-state index is 0.556. The van der Waals surface area contributed by atoms with Gasteiger partial charge >= 0.3 is 0 Å². The van der Waals surface area contributed by atoms with Gasteiger partial charge in [-0.1, -0.05) is 13.8 Å². The van der Waals surface area contributed by atoms with Crippen molar-refractivity contribution in [2.24, 2.45) is 7.05 Å². The Balaban J connectivity index is 2.29. The van der Waals surface area contributed by atoms with Crippen LogP contribution in [0.15, 0.2) is 30.7 Å². The third kappa shape index (κ3) is 1.81. The average Bonchev–Trinajstić information content (AvgIpc) is 2.74. The Labute approximate surface area is 113 Å². The number of aryl methyl sites for hydroxylation is 1. The van der Waals surface area contributed by atoms with Gasteiger partial charge in [0.25, 0.3) is 0 Å². The Hall–Kier alpha value is -1.90. The molecule has 0 bridgehead atoms. The first-order chi connectivity index (χ1) is 9.26. The van der Waals surface area contributed by atoms with Crippen molar-refractivity contribution in [3.05, 3.63) is 36.4 Å². The molecular formula is C16H19N3. The van der Waals surface area contributed by atoms with Gasteiger partial charge in [0, 0.05) is 48.0 Å². The van der Waals surface area contributed by atoms with E-state index in [9.17, 15) is 0 Å². The molecular weight excluding hydrogens is 234 g/mol. The van der Waals surface area contributed by atoms with Crippen LogP contribution in [0.1, 0.15) is 38.3 Å². The number of fused-ring (bicyclic) bond motifs is 3. The number of pyridine rings is 2. The van der Waals surface area contributed by atoms with Crippen LogP contribution in [0.3, 0.4) is 0 Å². The van der Waals surface area contributed by atoms with Crippen LogP contribution in [-0.4, -0.2) is 14.5 Å². The van der Waals surface area contributed by atoms with Gasteiger partial charge in [0.15, 0.2) is 0 Å². The zero-order valence-corrected chi connectivity index (χ0v) is 11.7. The highest BCUT2D eigenvalue weighted by Crippen LogP contribution is 2.30. The fourth-order valence-electron chi connectivity index (χ4n) is 2.89. The first-order valence-electron chi connectivity index (χ1n) is 6.94. The summed E-state index contributed by atoms with van der Waals surface area (Å²) in [7, 11) is 2.11. The standard InChI is InChI=1S/C16H19N3/c1-4-11(5-2)14-8-16-13(10-18-14)12-9-17-7-6-15(12)19(16)3/h6-11H,4-5H2,1-3H3. The van der Waals surface area contributed by atoms with Crippen LogP contribution in [0.4, 0.5) is 0 Å². The minimum atomic E-state index is 0.556. The Morgan fingerprint density at radius 2 is 1.84 bits per heavy atom. The molecule has 0 aliphatic carbocycles. The highest BCUT2D eigenvalue weighted by molar-refractivity contribution is 6.07. The SMILES string of the molecule is CCC(CC)c1cc2c(cn1)c1cnccc1n2C. The molecule has 0 atom stereocenters. The van der Waals surface area contributed by atoms with Crippen LogP contribution < -0.4 is 0 Å². The smallest absolute Gasteiger partial charge is 0.0523 e. The van der Waals surface area contributed by atoms with Crippen molar-refractivity contribution in [2.45, 2.75) is 32.6 Å². The predicted molar refractivity (Wildman–Crippen MR) is 79.3 cm³/mol. The van der Waals surface area contributed by atoms with Crippen LogP contribution in [0, 0.1) is 0 Å². The maximum atomic E-state index is 4.67. The van der Waals surface area contributed by atoms with Crippen molar-refractivity contribution in [2.75, 3.05) is 0 Å². The van der Waals surface area contributed by atoms with Gasteiger partial charge in [0.2, 0.25) is 0 Å². The van der Waals surface area contributed by atoms with E-state index in [1.807, 2.05) is 18.6 Å². The summed E-state index contributed by atoms with van der Waals surface area (Å²) in [4.78, 5) is 8.90. The summed E-state index contributed by atoms with van der Waals surface area (Å²) in [6, 6.07) is 4.30. The van der Waals surface area contributed by atoms with Crippen molar-refractivity contribution in [3.8, 4) is 0 Å². The van der Waals surface area contributed by atoms with Crippen molar-refractivity contribution >= 4 is 21.8 Å². The third-order valence-corrected chi connectivity index (χ3v) is 4.12. The molecule has 0 unspecified atom stereocenters. The van der Waals surface area contributed by atoms with E-state index in [4.69, 9.17) is 0 Å². The van der Waals surface area contributed by atoms with Crippen molar-refractivity contribution in [1.29, 1.82) is 0 Å². The number of rotatable bonds is 3. The summed E-state index contributed by atoms with van der Waals surface area (Å²) in [6.45, 7) is 4.46. The Morgan fingerprint density at radius 3 is 2.58 bits per heavy atom. The maximum absolute atomic E-state index is 4.67. The van der Waals surface area contributed by atoms with Crippen LogP contribution in [-0.2, 0) is 7.05 Å². The lowest BCUT2D eigenvalue weighted by atomic mass is 9.98. The lowest BCUT2D eigenvalue weighted by Gasteiger charge is -2.11. The van der Waals surface area contributed by atoms with E-state index in [1.165, 1.54) is 27.5 Å². The average molecular weight is 253 g/mol. The van der Waals surface area contributed by atoms with Crippen LogP contribution in [0.5, 0.6) is 0 Å². The van der Waals surface area contributed by atoms with Crippen LogP contribution in [0.25, 0.3) is 21.8 Å². The van der Waals surface area contributed by atoms with E-state index in [2.05, 4.69) is 47.6 Å². The van der Waals surface area contributed by atoms with Crippen molar-refractivity contribution in [1.82, 2.24) is 14.5 Å². The van der Waals surface area contributed by atoms with Gasteiger partial charge in [-0.05, 0) is 25.0 Å². The molecule has 3 heterocycles. The number of aromatic nitrogens is 3. The fraction of sp³-hybridized carbons (Fsp3) is 0.375. The van der Waals surface area contributed by atoms with E-state index >= 15 is 0 Å². The number of nitrogens with zero attached hydrogens (tertiary/aromatic N) is 3. The summed E-state index contributed by atoms with van der Waals surface area (Å²) in [5, 5.41) is 2.38. The predicted octanol–water partition coefficient (Wildman–Crippen LogP) is 4.03. The first kappa shape index (κ1) is 12.2. The molecule has 0 amide bonds. The van der Waals surface area contributed by atoms with Gasteiger partial charge < -0.3 is 4.57 Å². The zero-order valence-electron chi connectivity index (χ0n) is 11.7. The molecule has 0 aliphatic rings. The highest BCUT2D eigenvalue weighted by atomic mass is 14.9. The van der Waals surface area contributed by atoms with Gasteiger partial charge in [-0.2, -0.15) is 0 Å². The van der Waals surface area contributed by atoms with Crippen molar-refractivity contribution < 1.29 is 0 Å². The van der Waals surface area contributed by atoms with E-state index in [0.29, 0.717) is 5.92 Å². The van der Waals surface area contributed by atoms with Gasteiger partial charge in [0.05, 0.1) is 11.0 Å². The zero-order chi connectivity index (χ0) is 13.4. The first-order valence-corrected chi connectivity index (χ1v) is 6.94. The van der Waals surface area contributed by atoms with E-state index < -0.39 is 0 Å². The molecule has 0 saturated heterocycles. The summed E-state index contributed by atoms with van der Waals surface area (Å²) >= 11 is 0. The largest absolute Gasteiger partial charge is 0.343 e. The monoisotopic (exact) mass is 253 g/mol. The molecule has 3 heteroatoms. The second kappa shape index (κ2) is 4.65. The van der Waals surface area contributed by atoms with E-state index in [1.54, 1.807) is 0 Å². The Kier molecular flexibility index (Phi) is 2.97. The quantitative estimate of drug-likeness (QED) is 0.705. The molecule has 0 aliphatic heterocycles. The van der Waals surface area contributed by atoms with Gasteiger partial charge in [-0.25, -0.2) is 0 Å². The normalized spacial score (nSPS) is 11.8. The van der Waals surface area contributed by atoms with Crippen molar-refractivity contribution in [3.63, 3.8) is 0 Å². The Bertz CT molecular complexity index is 723. The van der Waals surface area contributed by atoms with E-state index in [0.717, 1.165) is 12.8 Å². The van der Waals surface area contributed by atoms with Gasteiger partial charge in [-0.3, -0.25) is 9.97 Å². The highest BCUT2D eigenvalue weighted by Gasteiger charge is 2.13. The summed E-state index contributed by atoms with van der Waals surface area (Å²) in [5.74, 6) is 0.556. The molecule has 0 N–H and O–H groups in total. The molecule has 3 aromatic rings. The molecule has 3 aromatic heterocycles. The second-order valence-corrected chi connectivity index (χ2v) is 5.09. The maximum Gasteiger partial charge on any atom is 0.0523 e. The number of hydrogen-bond acceptors (Lipinski definition) is 2. The molecule has 0 fully saturated rings. The van der Waals surface area contributed by atoms with Crippen LogP contribution >= 0.6 is 0 Å². The fourth-order valence-corrected chi connectivity index (χ4v) is 2.89.